The molecule has 0 bridgehead atoms. The van der Waals surface area contributed by atoms with Crippen molar-refractivity contribution < 1.29 is 0 Å². The normalized spacial score (nSPS) is 34.7. The van der Waals surface area contributed by atoms with Crippen LogP contribution in [0.15, 0.2) is 6.33 Å². The maximum atomic E-state index is 4.51. The molecule has 3 nitrogen and oxygen atoms in total. The summed E-state index contributed by atoms with van der Waals surface area (Å²) < 4.78 is 0. The Kier molecular flexibility index (Phi) is 2.72. The molecule has 1 aliphatic carbocycles. The fraction of sp³-hybridized carbons (Fsp3) is 0.769. The van der Waals surface area contributed by atoms with Crippen LogP contribution < -0.4 is 5.32 Å². The number of nitrogens with one attached hydrogen (secondary N) is 2. The van der Waals surface area contributed by atoms with E-state index >= 15 is 0 Å². The summed E-state index contributed by atoms with van der Waals surface area (Å²) in [5, 5.41) is 3.66. The lowest BCUT2D eigenvalue weighted by Crippen LogP contribution is -2.36. The van der Waals surface area contributed by atoms with E-state index in [2.05, 4.69) is 22.2 Å². The standard InChI is InChI=1S/C13H21N3/c1-9-2-4-10(5-3-9)12-13-11(6-7-14-12)15-8-16-13/h8-10,12,14H,2-7H2,1H3,(H,15,16). The van der Waals surface area contributed by atoms with Gasteiger partial charge in [0.1, 0.15) is 0 Å². The largest absolute Gasteiger partial charge is 0.348 e. The molecule has 2 aliphatic rings. The zero-order valence-corrected chi connectivity index (χ0v) is 10.00. The van der Waals surface area contributed by atoms with Crippen LogP contribution in [0, 0.1) is 11.8 Å². The third-order valence-electron chi connectivity index (χ3n) is 4.32. The van der Waals surface area contributed by atoms with E-state index in [9.17, 15) is 0 Å². The number of nitrogens with zero attached hydrogens (tertiary/aromatic N) is 1. The van der Waals surface area contributed by atoms with Crippen LogP contribution in [0.5, 0.6) is 0 Å². The number of rotatable bonds is 1. The molecule has 0 aromatic carbocycles. The molecule has 1 fully saturated rings. The minimum Gasteiger partial charge on any atom is -0.348 e. The van der Waals surface area contributed by atoms with Gasteiger partial charge >= 0.3 is 0 Å². The zero-order chi connectivity index (χ0) is 11.0. The summed E-state index contributed by atoms with van der Waals surface area (Å²) in [6.07, 6.45) is 8.48. The van der Waals surface area contributed by atoms with Crippen LogP contribution >= 0.6 is 0 Å². The van der Waals surface area contributed by atoms with Crippen molar-refractivity contribution >= 4 is 0 Å². The molecule has 1 saturated carbocycles. The fourth-order valence-corrected chi connectivity index (χ4v) is 3.26. The molecule has 16 heavy (non-hydrogen) atoms. The Morgan fingerprint density at radius 2 is 2.06 bits per heavy atom. The van der Waals surface area contributed by atoms with Crippen molar-refractivity contribution in [3.05, 3.63) is 17.7 Å². The van der Waals surface area contributed by atoms with Crippen molar-refractivity contribution in [2.75, 3.05) is 6.54 Å². The summed E-state index contributed by atoms with van der Waals surface area (Å²) in [6.45, 7) is 3.48. The molecule has 1 aliphatic heterocycles. The maximum Gasteiger partial charge on any atom is 0.0925 e. The molecule has 1 unspecified atom stereocenters. The highest BCUT2D eigenvalue weighted by Gasteiger charge is 2.31. The SMILES string of the molecule is CC1CCC(C2NCCc3[nH]cnc32)CC1. The van der Waals surface area contributed by atoms with Gasteiger partial charge in [-0.25, -0.2) is 4.98 Å². The number of hydrogen-bond donors (Lipinski definition) is 2. The molecular weight excluding hydrogens is 198 g/mol. The Hall–Kier alpha value is -0.830. The van der Waals surface area contributed by atoms with Gasteiger partial charge in [-0.15, -0.1) is 0 Å². The Labute approximate surface area is 97.0 Å². The molecule has 0 radical (unpaired) electrons. The summed E-state index contributed by atoms with van der Waals surface area (Å²) in [5.74, 6) is 1.73. The van der Waals surface area contributed by atoms with E-state index in [0.717, 1.165) is 24.8 Å². The summed E-state index contributed by atoms with van der Waals surface area (Å²) in [6, 6.07) is 0.516. The molecule has 2 heterocycles. The molecule has 88 valence electrons. The quantitative estimate of drug-likeness (QED) is 0.761. The van der Waals surface area contributed by atoms with Crippen LogP contribution in [-0.4, -0.2) is 16.5 Å². The molecule has 0 amide bonds. The molecule has 1 aromatic rings. The fourth-order valence-electron chi connectivity index (χ4n) is 3.26. The molecular formula is C13H21N3. The molecule has 2 N–H and O–H groups in total. The Morgan fingerprint density at radius 1 is 1.25 bits per heavy atom. The third-order valence-corrected chi connectivity index (χ3v) is 4.32. The van der Waals surface area contributed by atoms with Crippen LogP contribution in [0.25, 0.3) is 0 Å². The van der Waals surface area contributed by atoms with Gasteiger partial charge in [-0.3, -0.25) is 0 Å². The molecule has 1 aromatic heterocycles. The van der Waals surface area contributed by atoms with E-state index in [-0.39, 0.29) is 0 Å². The van der Waals surface area contributed by atoms with Gasteiger partial charge in [-0.2, -0.15) is 0 Å². The van der Waals surface area contributed by atoms with Crippen molar-refractivity contribution in [3.63, 3.8) is 0 Å². The summed E-state index contributed by atoms with van der Waals surface area (Å²) in [4.78, 5) is 7.80. The number of fused-ring (bicyclic) bond motifs is 1. The van der Waals surface area contributed by atoms with Gasteiger partial charge in [-0.05, 0) is 24.7 Å². The van der Waals surface area contributed by atoms with E-state index in [0.29, 0.717) is 6.04 Å². The summed E-state index contributed by atoms with van der Waals surface area (Å²) >= 11 is 0. The molecule has 3 heteroatoms. The van der Waals surface area contributed by atoms with Crippen LogP contribution in [-0.2, 0) is 6.42 Å². The van der Waals surface area contributed by atoms with Crippen LogP contribution in [0.3, 0.4) is 0 Å². The molecule has 3 rings (SSSR count). The van der Waals surface area contributed by atoms with Crippen LogP contribution in [0.1, 0.15) is 50.0 Å². The second-order valence-electron chi connectivity index (χ2n) is 5.47. The van der Waals surface area contributed by atoms with Crippen LogP contribution in [0.4, 0.5) is 0 Å². The maximum absolute atomic E-state index is 4.51. The second kappa shape index (κ2) is 4.21. The predicted molar refractivity (Wildman–Crippen MR) is 64.2 cm³/mol. The smallest absolute Gasteiger partial charge is 0.0925 e. The van der Waals surface area contributed by atoms with Gasteiger partial charge in [0, 0.05) is 18.7 Å². The monoisotopic (exact) mass is 219 g/mol. The van der Waals surface area contributed by atoms with Gasteiger partial charge in [0.05, 0.1) is 18.1 Å². The van der Waals surface area contributed by atoms with Crippen molar-refractivity contribution in [1.29, 1.82) is 0 Å². The number of aromatic nitrogens is 2. The predicted octanol–water partition coefficient (Wildman–Crippen LogP) is 2.42. The first-order valence-corrected chi connectivity index (χ1v) is 6.60. The number of imidazole rings is 1. The van der Waals surface area contributed by atoms with Gasteiger partial charge in [0.15, 0.2) is 0 Å². The zero-order valence-electron chi connectivity index (χ0n) is 10.00. The highest BCUT2D eigenvalue weighted by atomic mass is 15.0. The first-order valence-electron chi connectivity index (χ1n) is 6.60. The Balaban J connectivity index is 1.77. The van der Waals surface area contributed by atoms with Gasteiger partial charge in [0.25, 0.3) is 0 Å². The van der Waals surface area contributed by atoms with Crippen molar-refractivity contribution in [2.45, 2.75) is 45.1 Å². The lowest BCUT2D eigenvalue weighted by Gasteiger charge is -2.34. The minimum absolute atomic E-state index is 0.516. The number of aromatic amines is 1. The highest BCUT2D eigenvalue weighted by Crippen LogP contribution is 2.37. The van der Waals surface area contributed by atoms with E-state index in [1.165, 1.54) is 37.1 Å². The first-order chi connectivity index (χ1) is 7.84. The Morgan fingerprint density at radius 3 is 2.88 bits per heavy atom. The van der Waals surface area contributed by atoms with Gasteiger partial charge in [-0.1, -0.05) is 19.8 Å². The number of H-pyrrole nitrogens is 1. The second-order valence-corrected chi connectivity index (χ2v) is 5.47. The van der Waals surface area contributed by atoms with Crippen molar-refractivity contribution in [1.82, 2.24) is 15.3 Å². The van der Waals surface area contributed by atoms with Gasteiger partial charge < -0.3 is 10.3 Å². The Bertz CT molecular complexity index is 350. The summed E-state index contributed by atoms with van der Waals surface area (Å²) in [7, 11) is 0. The highest BCUT2D eigenvalue weighted by molar-refractivity contribution is 5.20. The van der Waals surface area contributed by atoms with Crippen molar-refractivity contribution in [2.24, 2.45) is 11.8 Å². The summed E-state index contributed by atoms with van der Waals surface area (Å²) in [5.41, 5.74) is 2.66. The third kappa shape index (κ3) is 1.77. The van der Waals surface area contributed by atoms with E-state index in [1.807, 2.05) is 6.33 Å². The van der Waals surface area contributed by atoms with E-state index < -0.39 is 0 Å². The number of hydrogen-bond acceptors (Lipinski definition) is 2. The lowest BCUT2D eigenvalue weighted by molar-refractivity contribution is 0.224. The van der Waals surface area contributed by atoms with Crippen molar-refractivity contribution in [3.8, 4) is 0 Å². The van der Waals surface area contributed by atoms with Crippen LogP contribution in [0.2, 0.25) is 0 Å². The van der Waals surface area contributed by atoms with E-state index in [4.69, 9.17) is 0 Å². The first kappa shape index (κ1) is 10.3. The van der Waals surface area contributed by atoms with Gasteiger partial charge in [0.2, 0.25) is 0 Å². The average Bonchev–Trinajstić information content (AvgIpc) is 2.78. The molecule has 0 spiro atoms. The lowest BCUT2D eigenvalue weighted by atomic mass is 9.77. The topological polar surface area (TPSA) is 40.7 Å². The molecule has 0 saturated heterocycles. The molecule has 1 atom stereocenters. The van der Waals surface area contributed by atoms with E-state index in [1.54, 1.807) is 0 Å². The minimum atomic E-state index is 0.516. The average molecular weight is 219 g/mol.